The summed E-state index contributed by atoms with van der Waals surface area (Å²) in [4.78, 5) is 0. The van der Waals surface area contributed by atoms with E-state index in [0.29, 0.717) is 6.10 Å². The average molecular weight is 279 g/mol. The fourth-order valence-corrected chi connectivity index (χ4v) is 4.58. The van der Waals surface area contributed by atoms with Crippen LogP contribution in [0.5, 0.6) is 0 Å². The quantitative estimate of drug-likeness (QED) is 0.423. The Hall–Kier alpha value is 1.01. The fourth-order valence-electron chi connectivity index (χ4n) is 1.52. The van der Waals surface area contributed by atoms with Gasteiger partial charge in [0.1, 0.15) is 0 Å². The Kier molecular flexibility index (Phi) is 6.86. The monoisotopic (exact) mass is 278 g/mol. The zero-order valence-electron chi connectivity index (χ0n) is 9.86. The Labute approximate surface area is 112 Å². The third kappa shape index (κ3) is 7.36. The third-order valence-corrected chi connectivity index (χ3v) is 6.32. The molecule has 2 aliphatic rings. The van der Waals surface area contributed by atoms with Gasteiger partial charge in [0.15, 0.2) is 0 Å². The van der Waals surface area contributed by atoms with Crippen LogP contribution in [0.4, 0.5) is 0 Å². The molecule has 94 valence electrons. The molecule has 1 nitrogen and oxygen atoms in total. The van der Waals surface area contributed by atoms with Gasteiger partial charge in [0, 0.05) is 22.5 Å². The summed E-state index contributed by atoms with van der Waals surface area (Å²) in [6.45, 7) is 1.02. The molecule has 4 heteroatoms. The number of hydrogen-bond donors (Lipinski definition) is 0. The molecule has 2 heterocycles. The second kappa shape index (κ2) is 8.17. The van der Waals surface area contributed by atoms with E-state index < -0.39 is 0 Å². The highest BCUT2D eigenvalue weighted by Gasteiger charge is 2.21. The summed E-state index contributed by atoms with van der Waals surface area (Å²) in [7, 11) is 0. The van der Waals surface area contributed by atoms with Crippen molar-refractivity contribution >= 4 is 35.3 Å². The number of thioether (sulfide) groups is 3. The summed E-state index contributed by atoms with van der Waals surface area (Å²) >= 11 is 6.35. The van der Waals surface area contributed by atoms with E-state index in [0.717, 1.165) is 11.9 Å². The molecule has 0 aliphatic carbocycles. The molecular formula is C12H22OS3. The molecule has 0 saturated carbocycles. The van der Waals surface area contributed by atoms with Gasteiger partial charge in [-0.15, -0.1) is 0 Å². The van der Waals surface area contributed by atoms with Gasteiger partial charge >= 0.3 is 0 Å². The number of rotatable bonds is 11. The van der Waals surface area contributed by atoms with Crippen LogP contribution in [-0.2, 0) is 4.74 Å². The molecule has 2 unspecified atom stereocenters. The maximum atomic E-state index is 5.18. The SMILES string of the molecule is C(CCCSCC1CS1)CCSCC1CO1. The summed E-state index contributed by atoms with van der Waals surface area (Å²) < 4.78 is 5.18. The van der Waals surface area contributed by atoms with Crippen LogP contribution in [0.3, 0.4) is 0 Å². The molecule has 0 N–H and O–H groups in total. The third-order valence-electron chi connectivity index (χ3n) is 2.74. The van der Waals surface area contributed by atoms with Crippen molar-refractivity contribution in [1.82, 2.24) is 0 Å². The minimum absolute atomic E-state index is 0.613. The molecule has 0 spiro atoms. The number of unbranched alkanes of at least 4 members (excludes halogenated alkanes) is 3. The Bertz CT molecular complexity index is 161. The molecule has 0 aromatic rings. The largest absolute Gasteiger partial charge is 0.372 e. The molecule has 0 bridgehead atoms. The van der Waals surface area contributed by atoms with Crippen LogP contribution in [0.15, 0.2) is 0 Å². The lowest BCUT2D eigenvalue weighted by molar-refractivity contribution is 0.426. The second-order valence-electron chi connectivity index (χ2n) is 4.47. The summed E-state index contributed by atoms with van der Waals surface area (Å²) in [5.41, 5.74) is 0. The van der Waals surface area contributed by atoms with Crippen LogP contribution in [0.25, 0.3) is 0 Å². The van der Waals surface area contributed by atoms with Crippen LogP contribution >= 0.6 is 35.3 Å². The molecule has 2 atom stereocenters. The van der Waals surface area contributed by atoms with E-state index in [9.17, 15) is 0 Å². The van der Waals surface area contributed by atoms with Gasteiger partial charge < -0.3 is 4.74 Å². The Balaban J connectivity index is 1.22. The van der Waals surface area contributed by atoms with E-state index in [4.69, 9.17) is 4.74 Å². The first-order valence-electron chi connectivity index (χ1n) is 6.34. The first-order chi connectivity index (χ1) is 7.95. The molecule has 2 fully saturated rings. The van der Waals surface area contributed by atoms with E-state index in [1.54, 1.807) is 0 Å². The van der Waals surface area contributed by atoms with Crippen molar-refractivity contribution in [2.24, 2.45) is 0 Å². The van der Waals surface area contributed by atoms with Crippen molar-refractivity contribution in [1.29, 1.82) is 0 Å². The molecule has 0 radical (unpaired) electrons. The van der Waals surface area contributed by atoms with Crippen molar-refractivity contribution in [2.45, 2.75) is 37.0 Å². The molecule has 2 rings (SSSR count). The molecule has 0 aromatic carbocycles. The van der Waals surface area contributed by atoms with E-state index in [2.05, 4.69) is 35.3 Å². The minimum Gasteiger partial charge on any atom is -0.372 e. The fraction of sp³-hybridized carbons (Fsp3) is 1.00. The van der Waals surface area contributed by atoms with Crippen LogP contribution in [0.2, 0.25) is 0 Å². The van der Waals surface area contributed by atoms with Gasteiger partial charge in [0.05, 0.1) is 12.7 Å². The Morgan fingerprint density at radius 1 is 1.00 bits per heavy atom. The highest BCUT2D eigenvalue weighted by Crippen LogP contribution is 2.33. The first kappa shape index (κ1) is 13.4. The van der Waals surface area contributed by atoms with Crippen LogP contribution in [0.1, 0.15) is 25.7 Å². The van der Waals surface area contributed by atoms with Gasteiger partial charge in [0.25, 0.3) is 0 Å². The zero-order chi connectivity index (χ0) is 11.1. The summed E-state index contributed by atoms with van der Waals surface area (Å²) in [5.74, 6) is 6.79. The predicted octanol–water partition coefficient (Wildman–Crippen LogP) is 3.53. The molecule has 0 aromatic heterocycles. The molecular weight excluding hydrogens is 256 g/mol. The lowest BCUT2D eigenvalue weighted by Crippen LogP contribution is -1.92. The van der Waals surface area contributed by atoms with Crippen LogP contribution in [0, 0.1) is 0 Å². The van der Waals surface area contributed by atoms with Gasteiger partial charge in [-0.3, -0.25) is 0 Å². The number of epoxide rings is 1. The first-order valence-corrected chi connectivity index (χ1v) is 9.69. The van der Waals surface area contributed by atoms with E-state index in [1.807, 2.05) is 0 Å². The number of hydrogen-bond acceptors (Lipinski definition) is 4. The lowest BCUT2D eigenvalue weighted by atomic mass is 10.2. The summed E-state index contributed by atoms with van der Waals surface area (Å²) in [6, 6.07) is 0. The molecule has 2 saturated heterocycles. The van der Waals surface area contributed by atoms with Gasteiger partial charge in [-0.05, 0) is 24.3 Å². The molecule has 16 heavy (non-hydrogen) atoms. The maximum Gasteiger partial charge on any atom is 0.0900 e. The summed E-state index contributed by atoms with van der Waals surface area (Å²) in [5, 5.41) is 1.02. The minimum atomic E-state index is 0.613. The highest BCUT2D eigenvalue weighted by molar-refractivity contribution is 8.08. The standard InChI is InChI=1S/C12H22OS3/c1(3-5-14-8-11-7-13-11)2-4-6-15-9-12-10-16-12/h11-12H,1-10H2. The smallest absolute Gasteiger partial charge is 0.0900 e. The maximum absolute atomic E-state index is 5.18. The van der Waals surface area contributed by atoms with Crippen LogP contribution < -0.4 is 0 Å². The predicted molar refractivity (Wildman–Crippen MR) is 79.1 cm³/mol. The topological polar surface area (TPSA) is 12.5 Å². The Morgan fingerprint density at radius 3 is 2.19 bits per heavy atom. The molecule has 0 amide bonds. The Morgan fingerprint density at radius 2 is 1.62 bits per heavy atom. The van der Waals surface area contributed by atoms with Crippen molar-refractivity contribution in [2.75, 3.05) is 35.4 Å². The summed E-state index contributed by atoms with van der Waals surface area (Å²) in [6.07, 6.45) is 6.31. The molecule has 2 aliphatic heterocycles. The normalized spacial score (nSPS) is 27.0. The van der Waals surface area contributed by atoms with E-state index >= 15 is 0 Å². The van der Waals surface area contributed by atoms with Gasteiger partial charge in [0.2, 0.25) is 0 Å². The van der Waals surface area contributed by atoms with Crippen molar-refractivity contribution in [3.63, 3.8) is 0 Å². The van der Waals surface area contributed by atoms with Gasteiger partial charge in [-0.25, -0.2) is 0 Å². The van der Waals surface area contributed by atoms with E-state index in [-0.39, 0.29) is 0 Å². The van der Waals surface area contributed by atoms with Crippen LogP contribution in [-0.4, -0.2) is 46.7 Å². The lowest BCUT2D eigenvalue weighted by Gasteiger charge is -2.01. The van der Waals surface area contributed by atoms with Crippen molar-refractivity contribution in [3.8, 4) is 0 Å². The van der Waals surface area contributed by atoms with Crippen molar-refractivity contribution < 1.29 is 4.74 Å². The van der Waals surface area contributed by atoms with Crippen molar-refractivity contribution in [3.05, 3.63) is 0 Å². The van der Waals surface area contributed by atoms with E-state index in [1.165, 1.54) is 54.4 Å². The van der Waals surface area contributed by atoms with Gasteiger partial charge in [-0.1, -0.05) is 12.8 Å². The zero-order valence-corrected chi connectivity index (χ0v) is 12.3. The highest BCUT2D eigenvalue weighted by atomic mass is 32.2. The van der Waals surface area contributed by atoms with Gasteiger partial charge in [-0.2, -0.15) is 35.3 Å². The number of ether oxygens (including phenoxy) is 1. The second-order valence-corrected chi connectivity index (χ2v) is 8.11. The average Bonchev–Trinajstić information content (AvgIpc) is 3.14.